The first-order chi connectivity index (χ1) is 17.6. The molecule has 2 unspecified atom stereocenters. The summed E-state index contributed by atoms with van der Waals surface area (Å²) in [5, 5.41) is 13.5. The fourth-order valence-electron chi connectivity index (χ4n) is 4.72. The smallest absolute Gasteiger partial charge is 0.137 e. The molecular formula is C29H26FN2O4-. The average Bonchev–Trinajstić information content (AvgIpc) is 2.91. The molecule has 6 nitrogen and oxygen atoms in total. The molecular weight excluding hydrogens is 459 g/mol. The van der Waals surface area contributed by atoms with Gasteiger partial charge in [-0.2, -0.15) is 0 Å². The van der Waals surface area contributed by atoms with E-state index in [2.05, 4.69) is 11.1 Å². The molecule has 0 saturated carbocycles. The number of likely N-dealkylation sites (tertiary alicyclic amines) is 1. The van der Waals surface area contributed by atoms with Crippen molar-refractivity contribution in [2.45, 2.75) is 31.7 Å². The molecule has 1 amide bonds. The lowest BCUT2D eigenvalue weighted by atomic mass is 9.87. The Morgan fingerprint density at radius 1 is 1.03 bits per heavy atom. The van der Waals surface area contributed by atoms with Crippen LogP contribution in [0.15, 0.2) is 85.1 Å². The van der Waals surface area contributed by atoms with Crippen LogP contribution in [0, 0.1) is 5.82 Å². The molecule has 2 atom stereocenters. The van der Waals surface area contributed by atoms with Crippen molar-refractivity contribution >= 4 is 16.9 Å². The summed E-state index contributed by atoms with van der Waals surface area (Å²) in [6.07, 6.45) is 0.697. The highest BCUT2D eigenvalue weighted by Crippen LogP contribution is 2.33. The number of carbonyl (C=O) groups excluding carboxylic acids is 1. The van der Waals surface area contributed by atoms with Crippen molar-refractivity contribution in [1.29, 1.82) is 0 Å². The molecule has 36 heavy (non-hydrogen) atoms. The van der Waals surface area contributed by atoms with E-state index in [0.717, 1.165) is 33.3 Å². The summed E-state index contributed by atoms with van der Waals surface area (Å²) in [5.74, 6) is 0.367. The van der Waals surface area contributed by atoms with Crippen LogP contribution in [-0.4, -0.2) is 35.2 Å². The first kappa shape index (κ1) is 23.8. The Morgan fingerprint density at radius 3 is 2.61 bits per heavy atom. The number of ether oxygens (including phenoxy) is 2. The number of aromatic nitrogens is 1. The molecule has 0 N–H and O–H groups in total. The molecule has 7 heteroatoms. The van der Waals surface area contributed by atoms with Crippen molar-refractivity contribution in [2.75, 3.05) is 13.1 Å². The third-order valence-corrected chi connectivity index (χ3v) is 6.56. The van der Waals surface area contributed by atoms with Gasteiger partial charge in [-0.05, 0) is 59.3 Å². The van der Waals surface area contributed by atoms with E-state index in [1.807, 2.05) is 48.5 Å². The summed E-state index contributed by atoms with van der Waals surface area (Å²) in [6, 6.07) is 24.0. The molecule has 184 valence electrons. The summed E-state index contributed by atoms with van der Waals surface area (Å²) < 4.78 is 25.9. The van der Waals surface area contributed by atoms with Crippen LogP contribution in [0.1, 0.15) is 29.2 Å². The van der Waals surface area contributed by atoms with E-state index in [4.69, 9.17) is 9.47 Å². The first-order valence-corrected chi connectivity index (χ1v) is 11.9. The lowest BCUT2D eigenvalue weighted by molar-refractivity contribution is -0.268. The Morgan fingerprint density at radius 2 is 1.83 bits per heavy atom. The van der Waals surface area contributed by atoms with Crippen LogP contribution >= 0.6 is 0 Å². The second-order valence-corrected chi connectivity index (χ2v) is 8.93. The number of hydrogen-bond donors (Lipinski definition) is 0. The number of piperidine rings is 1. The van der Waals surface area contributed by atoms with Crippen molar-refractivity contribution in [3.05, 3.63) is 108 Å². The molecule has 1 aliphatic heterocycles. The van der Waals surface area contributed by atoms with Crippen LogP contribution in [0.2, 0.25) is 0 Å². The normalized spacial score (nSPS) is 17.8. The maximum Gasteiger partial charge on any atom is 0.137 e. The SMILES string of the molecule is O=C([O-])N1CCC(c2ccc(F)cc2)C(OCc2cc(OCc3ccccn3)c3ccccc3c2)C1. The first-order valence-electron chi connectivity index (χ1n) is 11.9. The van der Waals surface area contributed by atoms with E-state index in [-0.39, 0.29) is 24.9 Å². The van der Waals surface area contributed by atoms with Crippen molar-refractivity contribution < 1.29 is 23.8 Å². The Kier molecular flexibility index (Phi) is 7.09. The average molecular weight is 486 g/mol. The quantitative estimate of drug-likeness (QED) is 0.380. The number of nitrogens with zero attached hydrogens (tertiary/aromatic N) is 2. The number of hydrogen-bond acceptors (Lipinski definition) is 5. The summed E-state index contributed by atoms with van der Waals surface area (Å²) in [6.45, 7) is 1.16. The Labute approximate surface area is 208 Å². The number of carboxylic acid groups (broad SMARTS) is 1. The molecule has 4 aromatic rings. The van der Waals surface area contributed by atoms with Gasteiger partial charge in [-0.25, -0.2) is 4.39 Å². The second-order valence-electron chi connectivity index (χ2n) is 8.93. The van der Waals surface area contributed by atoms with Crippen molar-refractivity contribution in [3.63, 3.8) is 0 Å². The van der Waals surface area contributed by atoms with Crippen LogP contribution in [0.4, 0.5) is 9.18 Å². The molecule has 0 radical (unpaired) electrons. The van der Waals surface area contributed by atoms with Gasteiger partial charge in [0.25, 0.3) is 0 Å². The van der Waals surface area contributed by atoms with E-state index >= 15 is 0 Å². The molecule has 1 aromatic heterocycles. The standard InChI is InChI=1S/C29H27FN2O4/c30-23-10-8-21(9-11-23)26-12-14-32(29(33)34)17-28(26)35-18-20-15-22-5-1-2-7-25(22)27(16-20)36-19-24-6-3-4-13-31-24/h1-11,13,15-16,26,28H,12,14,17-19H2,(H,33,34)/p-1. The number of benzene rings is 3. The van der Waals surface area contributed by atoms with Gasteiger partial charge < -0.3 is 24.3 Å². The van der Waals surface area contributed by atoms with Gasteiger partial charge in [0.15, 0.2) is 0 Å². The van der Waals surface area contributed by atoms with Crippen LogP contribution in [0.5, 0.6) is 5.75 Å². The lowest BCUT2D eigenvalue weighted by Gasteiger charge is -2.40. The predicted octanol–water partition coefficient (Wildman–Crippen LogP) is 4.67. The highest BCUT2D eigenvalue weighted by atomic mass is 19.1. The molecule has 1 aliphatic rings. The lowest BCUT2D eigenvalue weighted by Crippen LogP contribution is -2.51. The number of fused-ring (bicyclic) bond motifs is 1. The van der Waals surface area contributed by atoms with E-state index in [0.29, 0.717) is 19.6 Å². The maximum absolute atomic E-state index is 13.5. The molecule has 1 fully saturated rings. The molecule has 0 spiro atoms. The van der Waals surface area contributed by atoms with E-state index in [1.165, 1.54) is 17.0 Å². The molecule has 1 saturated heterocycles. The Balaban J connectivity index is 1.37. The maximum atomic E-state index is 13.5. The van der Waals surface area contributed by atoms with Crippen LogP contribution in [-0.2, 0) is 18.0 Å². The third kappa shape index (κ3) is 5.47. The largest absolute Gasteiger partial charge is 0.530 e. The van der Waals surface area contributed by atoms with E-state index < -0.39 is 12.2 Å². The number of rotatable bonds is 7. The van der Waals surface area contributed by atoms with Gasteiger partial charge in [0.05, 0.1) is 18.4 Å². The minimum Gasteiger partial charge on any atom is -0.530 e. The fourth-order valence-corrected chi connectivity index (χ4v) is 4.72. The molecule has 0 bridgehead atoms. The zero-order chi connectivity index (χ0) is 24.9. The summed E-state index contributed by atoms with van der Waals surface area (Å²) in [7, 11) is 0. The monoisotopic (exact) mass is 485 g/mol. The van der Waals surface area contributed by atoms with Crippen LogP contribution < -0.4 is 9.84 Å². The van der Waals surface area contributed by atoms with Crippen LogP contribution in [0.25, 0.3) is 10.8 Å². The van der Waals surface area contributed by atoms with Gasteiger partial charge in [-0.15, -0.1) is 0 Å². The van der Waals surface area contributed by atoms with Crippen LogP contribution in [0.3, 0.4) is 0 Å². The van der Waals surface area contributed by atoms with Gasteiger partial charge in [0.2, 0.25) is 0 Å². The number of amides is 1. The Hall–Kier alpha value is -3.97. The number of carbonyl (C=O) groups is 1. The molecule has 5 rings (SSSR count). The van der Waals surface area contributed by atoms with Gasteiger partial charge >= 0.3 is 0 Å². The zero-order valence-corrected chi connectivity index (χ0v) is 19.7. The summed E-state index contributed by atoms with van der Waals surface area (Å²) in [4.78, 5) is 17.1. The highest BCUT2D eigenvalue weighted by Gasteiger charge is 2.31. The number of halogens is 1. The second kappa shape index (κ2) is 10.7. The van der Waals surface area contributed by atoms with Gasteiger partial charge in [0.1, 0.15) is 24.3 Å². The molecule has 3 aromatic carbocycles. The zero-order valence-electron chi connectivity index (χ0n) is 19.7. The highest BCUT2D eigenvalue weighted by molar-refractivity contribution is 5.89. The third-order valence-electron chi connectivity index (χ3n) is 6.56. The van der Waals surface area contributed by atoms with Gasteiger partial charge in [-0.1, -0.05) is 42.5 Å². The van der Waals surface area contributed by atoms with Crippen molar-refractivity contribution in [3.8, 4) is 5.75 Å². The minimum atomic E-state index is -1.21. The van der Waals surface area contributed by atoms with Gasteiger partial charge in [-0.3, -0.25) is 4.98 Å². The topological polar surface area (TPSA) is 74.7 Å². The van der Waals surface area contributed by atoms with E-state index in [9.17, 15) is 14.3 Å². The summed E-state index contributed by atoms with van der Waals surface area (Å²) in [5.41, 5.74) is 2.67. The number of pyridine rings is 1. The van der Waals surface area contributed by atoms with Crippen molar-refractivity contribution in [1.82, 2.24) is 9.88 Å². The Bertz CT molecular complexity index is 1330. The van der Waals surface area contributed by atoms with Crippen molar-refractivity contribution in [2.24, 2.45) is 0 Å². The molecule has 0 aliphatic carbocycles. The fraction of sp³-hybridized carbons (Fsp3) is 0.241. The summed E-state index contributed by atoms with van der Waals surface area (Å²) >= 11 is 0. The minimum absolute atomic E-state index is 0.0541. The molecule has 2 heterocycles. The van der Waals surface area contributed by atoms with E-state index in [1.54, 1.807) is 18.3 Å². The van der Waals surface area contributed by atoms with Gasteiger partial charge in [0, 0.05) is 30.6 Å². The predicted molar refractivity (Wildman–Crippen MR) is 132 cm³/mol.